The fourth-order valence-corrected chi connectivity index (χ4v) is 2.35. The monoisotopic (exact) mass is 425 g/mol. The maximum absolute atomic E-state index is 10.9. The lowest BCUT2D eigenvalue weighted by Gasteiger charge is -2.11. The van der Waals surface area contributed by atoms with Gasteiger partial charge in [-0.1, -0.05) is 6.42 Å². The molecule has 1 aromatic rings. The van der Waals surface area contributed by atoms with Gasteiger partial charge in [0, 0.05) is 26.6 Å². The Balaban J connectivity index is 0.00000400. The van der Waals surface area contributed by atoms with Gasteiger partial charge in [0.15, 0.2) is 5.96 Å². The summed E-state index contributed by atoms with van der Waals surface area (Å²) >= 11 is 1.69. The van der Waals surface area contributed by atoms with Gasteiger partial charge < -0.3 is 15.4 Å². The Labute approximate surface area is 147 Å². The van der Waals surface area contributed by atoms with Crippen molar-refractivity contribution in [1.82, 2.24) is 10.6 Å². The summed E-state index contributed by atoms with van der Waals surface area (Å²) in [5, 5.41) is 10.7. The van der Waals surface area contributed by atoms with E-state index in [1.807, 2.05) is 0 Å². The summed E-state index contributed by atoms with van der Waals surface area (Å²) < 4.78 is 4.60. The molecule has 7 heteroatoms. The van der Waals surface area contributed by atoms with E-state index in [0.717, 1.165) is 38.3 Å². The van der Waals surface area contributed by atoms with Crippen molar-refractivity contribution in [2.75, 3.05) is 20.7 Å². The smallest absolute Gasteiger partial charge is 0.305 e. The van der Waals surface area contributed by atoms with Crippen molar-refractivity contribution in [3.05, 3.63) is 22.4 Å². The number of hydrogen-bond acceptors (Lipinski definition) is 4. The quantitative estimate of drug-likeness (QED) is 0.221. The summed E-state index contributed by atoms with van der Waals surface area (Å²) in [5.41, 5.74) is 1.26. The van der Waals surface area contributed by atoms with Crippen LogP contribution in [0.1, 0.15) is 31.2 Å². The number of methoxy groups -OCH3 is 1. The number of aliphatic imine (C=N–C) groups is 1. The van der Waals surface area contributed by atoms with E-state index in [-0.39, 0.29) is 29.9 Å². The first kappa shape index (κ1) is 20.2. The van der Waals surface area contributed by atoms with E-state index in [9.17, 15) is 4.79 Å². The Bertz CT molecular complexity index is 410. The van der Waals surface area contributed by atoms with Gasteiger partial charge in [-0.15, -0.1) is 24.0 Å². The molecule has 0 fully saturated rings. The summed E-state index contributed by atoms with van der Waals surface area (Å²) in [6, 6.07) is 2.09. The van der Waals surface area contributed by atoms with Crippen molar-refractivity contribution >= 4 is 47.2 Å². The van der Waals surface area contributed by atoms with Crippen LogP contribution < -0.4 is 10.6 Å². The minimum Gasteiger partial charge on any atom is -0.469 e. The number of carbonyl (C=O) groups is 1. The van der Waals surface area contributed by atoms with Crippen molar-refractivity contribution in [3.63, 3.8) is 0 Å². The Hall–Kier alpha value is -0.830. The highest BCUT2D eigenvalue weighted by Crippen LogP contribution is 2.04. The van der Waals surface area contributed by atoms with Gasteiger partial charge in [-0.3, -0.25) is 9.79 Å². The molecule has 0 spiro atoms. The van der Waals surface area contributed by atoms with Gasteiger partial charge in [0.05, 0.1) is 7.11 Å². The molecule has 0 radical (unpaired) electrons. The van der Waals surface area contributed by atoms with Crippen LogP contribution in [0.3, 0.4) is 0 Å². The Morgan fingerprint density at radius 3 is 2.76 bits per heavy atom. The first-order valence-corrected chi connectivity index (χ1v) is 7.73. The number of nitrogens with one attached hydrogen (secondary N) is 2. The lowest BCUT2D eigenvalue weighted by molar-refractivity contribution is -0.140. The molecule has 0 atom stereocenters. The van der Waals surface area contributed by atoms with Gasteiger partial charge in [0.2, 0.25) is 0 Å². The van der Waals surface area contributed by atoms with Crippen molar-refractivity contribution in [2.24, 2.45) is 4.99 Å². The molecule has 1 rings (SSSR count). The number of thiophene rings is 1. The van der Waals surface area contributed by atoms with Crippen LogP contribution in [-0.2, 0) is 16.1 Å². The van der Waals surface area contributed by atoms with Crippen LogP contribution in [0.15, 0.2) is 21.8 Å². The predicted molar refractivity (Wildman–Crippen MR) is 98.4 cm³/mol. The number of nitrogens with zero attached hydrogens (tertiary/aromatic N) is 1. The predicted octanol–water partition coefficient (Wildman–Crippen LogP) is 2.76. The normalized spacial score (nSPS) is 10.7. The number of carbonyl (C=O) groups excluding carboxylic acids is 1. The minimum atomic E-state index is -0.133. The van der Waals surface area contributed by atoms with Crippen molar-refractivity contribution < 1.29 is 9.53 Å². The zero-order valence-electron chi connectivity index (χ0n) is 12.6. The van der Waals surface area contributed by atoms with Crippen molar-refractivity contribution in [3.8, 4) is 0 Å². The maximum atomic E-state index is 10.9. The standard InChI is InChI=1S/C14H23N3O2S.HI/c1-15-14(17-10-12-7-9-20-11-12)16-8-5-3-4-6-13(18)19-2;/h7,9,11H,3-6,8,10H2,1-2H3,(H2,15,16,17);1H. The molecule has 120 valence electrons. The van der Waals surface area contributed by atoms with Crippen LogP contribution in [-0.4, -0.2) is 32.6 Å². The number of ether oxygens (including phenoxy) is 1. The van der Waals surface area contributed by atoms with Gasteiger partial charge in [0.25, 0.3) is 0 Å². The zero-order chi connectivity index (χ0) is 14.6. The molecule has 0 unspecified atom stereocenters. The van der Waals surface area contributed by atoms with Gasteiger partial charge in [-0.05, 0) is 35.2 Å². The van der Waals surface area contributed by atoms with Crippen LogP contribution in [0, 0.1) is 0 Å². The largest absolute Gasteiger partial charge is 0.469 e. The highest BCUT2D eigenvalue weighted by Gasteiger charge is 2.00. The minimum absolute atomic E-state index is 0. The van der Waals surface area contributed by atoms with Gasteiger partial charge in [0.1, 0.15) is 0 Å². The molecule has 0 aliphatic rings. The lowest BCUT2D eigenvalue weighted by Crippen LogP contribution is -2.37. The molecule has 2 N–H and O–H groups in total. The van der Waals surface area contributed by atoms with Crippen LogP contribution in [0.4, 0.5) is 0 Å². The molecule has 0 amide bonds. The van der Waals surface area contributed by atoms with E-state index < -0.39 is 0 Å². The van der Waals surface area contributed by atoms with Crippen LogP contribution in [0.2, 0.25) is 0 Å². The number of guanidine groups is 1. The second kappa shape index (κ2) is 12.9. The first-order valence-electron chi connectivity index (χ1n) is 6.78. The van der Waals surface area contributed by atoms with Gasteiger partial charge in [-0.2, -0.15) is 11.3 Å². The topological polar surface area (TPSA) is 62.7 Å². The van der Waals surface area contributed by atoms with E-state index in [2.05, 4.69) is 37.2 Å². The molecular weight excluding hydrogens is 401 g/mol. The third kappa shape index (κ3) is 9.67. The Morgan fingerprint density at radius 1 is 1.33 bits per heavy atom. The van der Waals surface area contributed by atoms with Crippen LogP contribution >= 0.6 is 35.3 Å². The average Bonchev–Trinajstić information content (AvgIpc) is 2.98. The Kier molecular flexibility index (Phi) is 12.4. The van der Waals surface area contributed by atoms with E-state index in [0.29, 0.717) is 6.42 Å². The second-order valence-corrected chi connectivity index (χ2v) is 5.15. The summed E-state index contributed by atoms with van der Waals surface area (Å²) in [6.07, 6.45) is 3.39. The van der Waals surface area contributed by atoms with Crippen LogP contribution in [0.5, 0.6) is 0 Å². The van der Waals surface area contributed by atoms with Crippen LogP contribution in [0.25, 0.3) is 0 Å². The molecule has 1 heterocycles. The average molecular weight is 425 g/mol. The second-order valence-electron chi connectivity index (χ2n) is 4.37. The summed E-state index contributed by atoms with van der Waals surface area (Å²) in [6.45, 7) is 1.63. The molecule has 1 aromatic heterocycles. The van der Waals surface area contributed by atoms with E-state index in [1.165, 1.54) is 12.7 Å². The summed E-state index contributed by atoms with van der Waals surface area (Å²) in [5.74, 6) is 0.676. The molecule has 5 nitrogen and oxygen atoms in total. The molecule has 0 saturated heterocycles. The third-order valence-electron chi connectivity index (χ3n) is 2.84. The molecule has 0 saturated carbocycles. The lowest BCUT2D eigenvalue weighted by atomic mass is 10.2. The van der Waals surface area contributed by atoms with Gasteiger partial charge >= 0.3 is 5.97 Å². The molecule has 0 aromatic carbocycles. The van der Waals surface area contributed by atoms with Crippen molar-refractivity contribution in [1.29, 1.82) is 0 Å². The molecular formula is C14H24IN3O2S. The molecule has 21 heavy (non-hydrogen) atoms. The molecule has 0 aliphatic carbocycles. The summed E-state index contributed by atoms with van der Waals surface area (Å²) in [4.78, 5) is 15.1. The molecule has 0 aliphatic heterocycles. The van der Waals surface area contributed by atoms with Crippen molar-refractivity contribution in [2.45, 2.75) is 32.2 Å². The summed E-state index contributed by atoms with van der Waals surface area (Å²) in [7, 11) is 3.19. The van der Waals surface area contributed by atoms with E-state index in [4.69, 9.17) is 0 Å². The number of hydrogen-bond donors (Lipinski definition) is 2. The van der Waals surface area contributed by atoms with E-state index in [1.54, 1.807) is 18.4 Å². The Morgan fingerprint density at radius 2 is 2.14 bits per heavy atom. The fraction of sp³-hybridized carbons (Fsp3) is 0.571. The highest BCUT2D eigenvalue weighted by molar-refractivity contribution is 14.0. The SMILES string of the molecule is CN=C(NCCCCCC(=O)OC)NCc1ccsc1.I. The number of halogens is 1. The number of unbranched alkanes of at least 4 members (excludes halogenated alkanes) is 2. The zero-order valence-corrected chi connectivity index (χ0v) is 15.7. The fourth-order valence-electron chi connectivity index (χ4n) is 1.68. The number of rotatable bonds is 8. The number of esters is 1. The first-order chi connectivity index (χ1) is 9.76. The van der Waals surface area contributed by atoms with E-state index >= 15 is 0 Å². The molecule has 0 bridgehead atoms. The maximum Gasteiger partial charge on any atom is 0.305 e. The highest BCUT2D eigenvalue weighted by atomic mass is 127. The third-order valence-corrected chi connectivity index (χ3v) is 3.57. The van der Waals surface area contributed by atoms with Gasteiger partial charge in [-0.25, -0.2) is 0 Å².